The highest BCUT2D eigenvalue weighted by atomic mass is 35.5. The number of hydrogen-bond acceptors (Lipinski definition) is 5. The van der Waals surface area contributed by atoms with Gasteiger partial charge in [0.2, 0.25) is 0 Å². The average Bonchev–Trinajstić information content (AvgIpc) is 2.69. The summed E-state index contributed by atoms with van der Waals surface area (Å²) in [6, 6.07) is 11.4. The predicted molar refractivity (Wildman–Crippen MR) is 111 cm³/mol. The van der Waals surface area contributed by atoms with E-state index in [-0.39, 0.29) is 6.61 Å². The molecule has 10 heteroatoms. The van der Waals surface area contributed by atoms with Gasteiger partial charge >= 0.3 is 11.8 Å². The molecule has 0 aromatic heterocycles. The third-order valence-corrected chi connectivity index (χ3v) is 3.90. The fourth-order valence-electron chi connectivity index (χ4n) is 2.07. The predicted octanol–water partition coefficient (Wildman–Crippen LogP) is 2.60. The van der Waals surface area contributed by atoms with Crippen LogP contribution < -0.4 is 20.8 Å². The third kappa shape index (κ3) is 7.44. The number of benzene rings is 2. The quantitative estimate of drug-likeness (QED) is 0.352. The number of nitrogens with one attached hydrogen (secondary N) is 3. The first-order chi connectivity index (χ1) is 13.9. The van der Waals surface area contributed by atoms with Gasteiger partial charge in [-0.3, -0.25) is 14.4 Å². The van der Waals surface area contributed by atoms with Gasteiger partial charge in [0.1, 0.15) is 5.75 Å². The molecule has 0 saturated heterocycles. The van der Waals surface area contributed by atoms with Crippen molar-refractivity contribution in [2.45, 2.75) is 6.92 Å². The lowest BCUT2D eigenvalue weighted by Gasteiger charge is -2.09. The first kappa shape index (κ1) is 22.2. The van der Waals surface area contributed by atoms with Crippen molar-refractivity contribution >= 4 is 52.8 Å². The van der Waals surface area contributed by atoms with E-state index in [1.165, 1.54) is 12.3 Å². The van der Waals surface area contributed by atoms with E-state index in [1.54, 1.807) is 43.3 Å². The molecule has 0 fully saturated rings. The number of hydrazone groups is 1. The van der Waals surface area contributed by atoms with Crippen LogP contribution >= 0.6 is 23.2 Å². The Morgan fingerprint density at radius 1 is 1.10 bits per heavy atom. The van der Waals surface area contributed by atoms with Crippen LogP contribution in [0.5, 0.6) is 5.75 Å². The molecular weight excluding hydrogens is 419 g/mol. The molecule has 2 aromatic carbocycles. The molecule has 0 bridgehead atoms. The summed E-state index contributed by atoms with van der Waals surface area (Å²) in [5, 5.41) is 9.47. The normalized spacial score (nSPS) is 10.4. The highest BCUT2D eigenvalue weighted by Gasteiger charge is 2.10. The van der Waals surface area contributed by atoms with Crippen molar-refractivity contribution in [1.82, 2.24) is 10.7 Å². The highest BCUT2D eigenvalue weighted by molar-refractivity contribution is 6.36. The van der Waals surface area contributed by atoms with Gasteiger partial charge < -0.3 is 15.4 Å². The number of anilines is 1. The number of ether oxygens (including phenoxy) is 1. The number of carbonyl (C=O) groups is 3. The summed E-state index contributed by atoms with van der Waals surface area (Å²) in [7, 11) is 0. The van der Waals surface area contributed by atoms with Gasteiger partial charge in [0.25, 0.3) is 5.91 Å². The molecule has 2 rings (SSSR count). The molecular formula is C19H18Cl2N4O4. The Labute approximate surface area is 177 Å². The molecule has 0 aliphatic rings. The molecule has 3 N–H and O–H groups in total. The maximum absolute atomic E-state index is 12.0. The molecule has 8 nitrogen and oxygen atoms in total. The van der Waals surface area contributed by atoms with E-state index < -0.39 is 17.7 Å². The van der Waals surface area contributed by atoms with Crippen LogP contribution in [0.15, 0.2) is 47.6 Å². The first-order valence-electron chi connectivity index (χ1n) is 8.48. The largest absolute Gasteiger partial charge is 0.484 e. The standard InChI is InChI=1S/C19H18Cl2N4O4/c1-2-22-18(27)19(28)25-23-10-12-4-3-5-14(8-12)29-11-17(26)24-16-7-6-13(20)9-15(16)21/h3-10H,2,11H2,1H3,(H,22,27)(H,24,26)(H,25,28)/b23-10-. The minimum atomic E-state index is -0.868. The van der Waals surface area contributed by atoms with Crippen molar-refractivity contribution in [2.75, 3.05) is 18.5 Å². The van der Waals surface area contributed by atoms with Gasteiger partial charge in [-0.05, 0) is 42.8 Å². The number of nitrogens with zero attached hydrogens (tertiary/aromatic N) is 1. The summed E-state index contributed by atoms with van der Waals surface area (Å²) < 4.78 is 5.45. The summed E-state index contributed by atoms with van der Waals surface area (Å²) in [5.41, 5.74) is 3.14. The van der Waals surface area contributed by atoms with Gasteiger partial charge in [-0.15, -0.1) is 0 Å². The minimum absolute atomic E-state index is 0.243. The van der Waals surface area contributed by atoms with E-state index in [0.717, 1.165) is 0 Å². The Hall–Kier alpha value is -3.10. The number of likely N-dealkylation sites (N-methyl/N-ethyl adjacent to an activating group) is 1. The van der Waals surface area contributed by atoms with Gasteiger partial charge in [0.05, 0.1) is 16.9 Å². The van der Waals surface area contributed by atoms with Crippen LogP contribution in [0.3, 0.4) is 0 Å². The van der Waals surface area contributed by atoms with E-state index >= 15 is 0 Å². The molecule has 2 aromatic rings. The molecule has 0 aliphatic carbocycles. The van der Waals surface area contributed by atoms with Crippen molar-refractivity contribution in [2.24, 2.45) is 5.10 Å². The molecule has 29 heavy (non-hydrogen) atoms. The fraction of sp³-hybridized carbons (Fsp3) is 0.158. The molecule has 3 amide bonds. The first-order valence-corrected chi connectivity index (χ1v) is 9.23. The Kier molecular flexibility index (Phi) is 8.45. The average molecular weight is 437 g/mol. The van der Waals surface area contributed by atoms with Crippen LogP contribution in [0.4, 0.5) is 5.69 Å². The summed E-state index contributed by atoms with van der Waals surface area (Å²) in [5.74, 6) is -1.62. The monoisotopic (exact) mass is 436 g/mol. The second-order valence-electron chi connectivity index (χ2n) is 5.59. The number of rotatable bonds is 7. The van der Waals surface area contributed by atoms with Crippen molar-refractivity contribution in [3.8, 4) is 5.75 Å². The lowest BCUT2D eigenvalue weighted by Crippen LogP contribution is -2.37. The number of amides is 3. The Morgan fingerprint density at radius 2 is 1.90 bits per heavy atom. The van der Waals surface area contributed by atoms with E-state index in [9.17, 15) is 14.4 Å². The molecule has 0 aliphatic heterocycles. The van der Waals surface area contributed by atoms with Crippen molar-refractivity contribution in [3.05, 3.63) is 58.1 Å². The lowest BCUT2D eigenvalue weighted by molar-refractivity contribution is -0.139. The highest BCUT2D eigenvalue weighted by Crippen LogP contribution is 2.25. The fourth-order valence-corrected chi connectivity index (χ4v) is 2.52. The van der Waals surface area contributed by atoms with Crippen LogP contribution in [-0.4, -0.2) is 37.1 Å². The van der Waals surface area contributed by atoms with Gasteiger partial charge in [0, 0.05) is 11.6 Å². The van der Waals surface area contributed by atoms with Crippen LogP contribution in [0.2, 0.25) is 10.0 Å². The zero-order chi connectivity index (χ0) is 21.2. The molecule has 0 unspecified atom stereocenters. The smallest absolute Gasteiger partial charge is 0.329 e. The maximum atomic E-state index is 12.0. The zero-order valence-electron chi connectivity index (χ0n) is 15.4. The second-order valence-corrected chi connectivity index (χ2v) is 6.44. The second kappa shape index (κ2) is 11.0. The van der Waals surface area contributed by atoms with Crippen molar-refractivity contribution in [1.29, 1.82) is 0 Å². The van der Waals surface area contributed by atoms with Gasteiger partial charge in [-0.2, -0.15) is 5.10 Å². The van der Waals surface area contributed by atoms with Gasteiger partial charge in [-0.25, -0.2) is 5.43 Å². The SMILES string of the molecule is CCNC(=O)C(=O)N/N=C\c1cccc(OCC(=O)Nc2ccc(Cl)cc2Cl)c1. The van der Waals surface area contributed by atoms with E-state index in [4.69, 9.17) is 27.9 Å². The van der Waals surface area contributed by atoms with Crippen molar-refractivity contribution in [3.63, 3.8) is 0 Å². The summed E-state index contributed by atoms with van der Waals surface area (Å²) in [6.45, 7) is 1.80. The third-order valence-electron chi connectivity index (χ3n) is 3.36. The number of halogens is 2. The van der Waals surface area contributed by atoms with Crippen LogP contribution in [-0.2, 0) is 14.4 Å². The van der Waals surface area contributed by atoms with Crippen molar-refractivity contribution < 1.29 is 19.1 Å². The Bertz CT molecular complexity index is 934. The van der Waals surface area contributed by atoms with Crippen LogP contribution in [0.1, 0.15) is 12.5 Å². The topological polar surface area (TPSA) is 109 Å². The summed E-state index contributed by atoms with van der Waals surface area (Å²) in [4.78, 5) is 34.8. The molecule has 0 radical (unpaired) electrons. The maximum Gasteiger partial charge on any atom is 0.329 e. The zero-order valence-corrected chi connectivity index (χ0v) is 16.9. The van der Waals surface area contributed by atoms with Gasteiger partial charge in [-0.1, -0.05) is 35.3 Å². The van der Waals surface area contributed by atoms with Crippen LogP contribution in [0, 0.1) is 0 Å². The summed E-state index contributed by atoms with van der Waals surface area (Å²) in [6.07, 6.45) is 1.34. The molecule has 0 heterocycles. The number of hydrogen-bond donors (Lipinski definition) is 3. The van der Waals surface area contributed by atoms with Crippen LogP contribution in [0.25, 0.3) is 0 Å². The number of carbonyl (C=O) groups excluding carboxylic acids is 3. The summed E-state index contributed by atoms with van der Waals surface area (Å²) >= 11 is 11.8. The Morgan fingerprint density at radius 3 is 2.62 bits per heavy atom. The Balaban J connectivity index is 1.87. The van der Waals surface area contributed by atoms with E-state index in [0.29, 0.717) is 33.6 Å². The minimum Gasteiger partial charge on any atom is -0.484 e. The van der Waals surface area contributed by atoms with E-state index in [2.05, 4.69) is 21.2 Å². The van der Waals surface area contributed by atoms with Gasteiger partial charge in [0.15, 0.2) is 6.61 Å². The molecule has 0 saturated carbocycles. The van der Waals surface area contributed by atoms with E-state index in [1.807, 2.05) is 0 Å². The lowest BCUT2D eigenvalue weighted by atomic mass is 10.2. The molecule has 0 spiro atoms. The molecule has 152 valence electrons. The molecule has 0 atom stereocenters.